The first-order valence-corrected chi connectivity index (χ1v) is 7.82. The van der Waals surface area contributed by atoms with Gasteiger partial charge in [-0.1, -0.05) is 26.2 Å². The zero-order valence-corrected chi connectivity index (χ0v) is 12.7. The van der Waals surface area contributed by atoms with Crippen LogP contribution in [-0.2, 0) is 0 Å². The van der Waals surface area contributed by atoms with E-state index < -0.39 is 0 Å². The second-order valence-electron chi connectivity index (χ2n) is 6.26. The molecular formula is C15H23N5O. The molecule has 0 saturated heterocycles. The maximum absolute atomic E-state index is 11.5. The van der Waals surface area contributed by atoms with E-state index in [1.807, 2.05) is 13.0 Å². The van der Waals surface area contributed by atoms with Gasteiger partial charge in [-0.05, 0) is 31.6 Å². The molecule has 114 valence electrons. The van der Waals surface area contributed by atoms with E-state index in [2.05, 4.69) is 27.4 Å². The number of fused-ring (bicyclic) bond motifs is 1. The highest BCUT2D eigenvalue weighted by molar-refractivity contribution is 5.49. The van der Waals surface area contributed by atoms with Crippen molar-refractivity contribution >= 4 is 11.5 Å². The first-order chi connectivity index (χ1) is 10.1. The molecule has 0 bridgehead atoms. The Hall–Kier alpha value is -1.85. The molecule has 0 radical (unpaired) electrons. The summed E-state index contributed by atoms with van der Waals surface area (Å²) in [6, 6.07) is 1.81. The smallest absolute Gasteiger partial charge is 0.349 e. The molecule has 6 nitrogen and oxygen atoms in total. The summed E-state index contributed by atoms with van der Waals surface area (Å²) in [4.78, 5) is 16.0. The Kier molecular flexibility index (Phi) is 3.94. The number of nitrogens with zero attached hydrogens (tertiary/aromatic N) is 3. The lowest BCUT2D eigenvalue weighted by atomic mass is 9.81. The number of aryl methyl sites for hydroxylation is 1. The topological polar surface area (TPSA) is 75.1 Å². The third kappa shape index (κ3) is 3.09. The lowest BCUT2D eigenvalue weighted by molar-refractivity contribution is 0.274. The minimum atomic E-state index is -0.238. The number of hydrogen-bond donors (Lipinski definition) is 2. The summed E-state index contributed by atoms with van der Waals surface area (Å²) in [5, 5.41) is 9.81. The van der Waals surface area contributed by atoms with Crippen LogP contribution < -0.4 is 11.0 Å². The van der Waals surface area contributed by atoms with Gasteiger partial charge in [0.05, 0.1) is 0 Å². The molecule has 2 aromatic rings. The van der Waals surface area contributed by atoms with Crippen LogP contribution in [0.5, 0.6) is 0 Å². The number of aromatic nitrogens is 4. The normalized spacial score (nSPS) is 22.6. The molecule has 1 saturated carbocycles. The van der Waals surface area contributed by atoms with Crippen molar-refractivity contribution < 1.29 is 0 Å². The first kappa shape index (κ1) is 14.1. The van der Waals surface area contributed by atoms with Crippen LogP contribution in [-0.4, -0.2) is 26.1 Å². The maximum atomic E-state index is 11.5. The van der Waals surface area contributed by atoms with Crippen molar-refractivity contribution in [3.63, 3.8) is 0 Å². The van der Waals surface area contributed by atoms with Crippen molar-refractivity contribution in [2.75, 3.05) is 11.9 Å². The Balaban J connectivity index is 1.61. The Morgan fingerprint density at radius 1 is 1.48 bits per heavy atom. The van der Waals surface area contributed by atoms with E-state index in [1.54, 1.807) is 0 Å². The van der Waals surface area contributed by atoms with E-state index >= 15 is 0 Å². The van der Waals surface area contributed by atoms with E-state index in [1.165, 1.54) is 36.5 Å². The molecule has 21 heavy (non-hydrogen) atoms. The Morgan fingerprint density at radius 3 is 3.14 bits per heavy atom. The van der Waals surface area contributed by atoms with Crippen molar-refractivity contribution in [1.82, 2.24) is 19.6 Å². The van der Waals surface area contributed by atoms with Crippen molar-refractivity contribution in [2.24, 2.45) is 11.8 Å². The fourth-order valence-corrected chi connectivity index (χ4v) is 3.41. The summed E-state index contributed by atoms with van der Waals surface area (Å²) < 4.78 is 1.48. The molecule has 1 aliphatic rings. The van der Waals surface area contributed by atoms with E-state index in [-0.39, 0.29) is 5.69 Å². The molecule has 0 amide bonds. The van der Waals surface area contributed by atoms with Gasteiger partial charge in [-0.15, -0.1) is 0 Å². The molecular weight excluding hydrogens is 266 g/mol. The molecule has 6 heteroatoms. The lowest BCUT2D eigenvalue weighted by Crippen LogP contribution is -2.18. The molecule has 0 aromatic carbocycles. The summed E-state index contributed by atoms with van der Waals surface area (Å²) in [5.74, 6) is 3.15. The van der Waals surface area contributed by atoms with Gasteiger partial charge in [-0.3, -0.25) is 0 Å². The van der Waals surface area contributed by atoms with Crippen molar-refractivity contribution in [1.29, 1.82) is 0 Å². The fourth-order valence-electron chi connectivity index (χ4n) is 3.41. The molecule has 0 aliphatic heterocycles. The van der Waals surface area contributed by atoms with Crippen LogP contribution in [0.3, 0.4) is 0 Å². The first-order valence-electron chi connectivity index (χ1n) is 7.82. The van der Waals surface area contributed by atoms with Gasteiger partial charge in [0.15, 0.2) is 5.65 Å². The average Bonchev–Trinajstić information content (AvgIpc) is 2.81. The SMILES string of the molecule is Cc1nc(NCCC2CCCC(C)C2)cc2n[nH]c(=O)n12. The van der Waals surface area contributed by atoms with Crippen LogP contribution in [0, 0.1) is 18.8 Å². The monoisotopic (exact) mass is 289 g/mol. The largest absolute Gasteiger partial charge is 0.370 e. The van der Waals surface area contributed by atoms with Crippen molar-refractivity contribution in [2.45, 2.75) is 46.0 Å². The second-order valence-corrected chi connectivity index (χ2v) is 6.26. The molecule has 0 spiro atoms. The second kappa shape index (κ2) is 5.87. The summed E-state index contributed by atoms with van der Waals surface area (Å²) in [6.45, 7) is 5.10. The third-order valence-electron chi connectivity index (χ3n) is 4.47. The Bertz CT molecular complexity index is 674. The van der Waals surface area contributed by atoms with E-state index in [0.717, 1.165) is 24.2 Å². The summed E-state index contributed by atoms with van der Waals surface area (Å²) in [7, 11) is 0. The highest BCUT2D eigenvalue weighted by atomic mass is 16.1. The maximum Gasteiger partial charge on any atom is 0.349 e. The molecule has 2 heterocycles. The summed E-state index contributed by atoms with van der Waals surface area (Å²) in [5.41, 5.74) is 0.374. The molecule has 2 aromatic heterocycles. The summed E-state index contributed by atoms with van der Waals surface area (Å²) in [6.07, 6.45) is 6.64. The number of rotatable bonds is 4. The van der Waals surface area contributed by atoms with Gasteiger partial charge in [0.25, 0.3) is 0 Å². The van der Waals surface area contributed by atoms with Gasteiger partial charge in [0.2, 0.25) is 0 Å². The van der Waals surface area contributed by atoms with Crippen LogP contribution in [0.25, 0.3) is 5.65 Å². The lowest BCUT2D eigenvalue weighted by Gasteiger charge is -2.26. The van der Waals surface area contributed by atoms with Gasteiger partial charge in [0.1, 0.15) is 11.6 Å². The van der Waals surface area contributed by atoms with E-state index in [9.17, 15) is 4.79 Å². The van der Waals surface area contributed by atoms with Gasteiger partial charge < -0.3 is 5.32 Å². The highest BCUT2D eigenvalue weighted by Crippen LogP contribution is 2.30. The zero-order chi connectivity index (χ0) is 14.8. The molecule has 1 fully saturated rings. The van der Waals surface area contributed by atoms with Crippen LogP contribution >= 0.6 is 0 Å². The van der Waals surface area contributed by atoms with Crippen LogP contribution in [0.2, 0.25) is 0 Å². The van der Waals surface area contributed by atoms with Gasteiger partial charge in [-0.2, -0.15) is 5.10 Å². The summed E-state index contributed by atoms with van der Waals surface area (Å²) >= 11 is 0. The quantitative estimate of drug-likeness (QED) is 0.906. The van der Waals surface area contributed by atoms with Crippen LogP contribution in [0.1, 0.15) is 44.9 Å². The molecule has 2 atom stereocenters. The third-order valence-corrected chi connectivity index (χ3v) is 4.47. The predicted molar refractivity (Wildman–Crippen MR) is 82.6 cm³/mol. The minimum absolute atomic E-state index is 0.238. The predicted octanol–water partition coefficient (Wildman–Crippen LogP) is 2.35. The number of aromatic amines is 1. The van der Waals surface area contributed by atoms with E-state index in [4.69, 9.17) is 0 Å². The van der Waals surface area contributed by atoms with Crippen molar-refractivity contribution in [3.05, 3.63) is 22.4 Å². The fraction of sp³-hybridized carbons (Fsp3) is 0.667. The number of nitrogens with one attached hydrogen (secondary N) is 2. The van der Waals surface area contributed by atoms with Crippen LogP contribution in [0.4, 0.5) is 5.82 Å². The average molecular weight is 289 g/mol. The van der Waals surface area contributed by atoms with Crippen LogP contribution in [0.15, 0.2) is 10.9 Å². The number of H-pyrrole nitrogens is 1. The molecule has 1 aliphatic carbocycles. The minimum Gasteiger partial charge on any atom is -0.370 e. The van der Waals surface area contributed by atoms with Gasteiger partial charge in [-0.25, -0.2) is 19.3 Å². The Morgan fingerprint density at radius 2 is 2.33 bits per heavy atom. The number of hydrogen-bond acceptors (Lipinski definition) is 4. The van der Waals surface area contributed by atoms with Gasteiger partial charge >= 0.3 is 5.69 Å². The molecule has 3 rings (SSSR count). The standard InChI is InChI=1S/C15H23N5O/c1-10-4-3-5-12(8-10)6-7-16-13-9-14-18-19-15(21)20(14)11(2)17-13/h9-10,12,16H,3-8H2,1-2H3,(H,19,21). The van der Waals surface area contributed by atoms with Gasteiger partial charge in [0, 0.05) is 12.6 Å². The van der Waals surface area contributed by atoms with Crippen molar-refractivity contribution in [3.8, 4) is 0 Å². The molecule has 2 unspecified atom stereocenters. The number of anilines is 1. The highest BCUT2D eigenvalue weighted by Gasteiger charge is 2.18. The van der Waals surface area contributed by atoms with E-state index in [0.29, 0.717) is 11.5 Å². The zero-order valence-electron chi connectivity index (χ0n) is 12.7. The Labute approximate surface area is 124 Å². The molecule has 2 N–H and O–H groups in total.